The maximum absolute atomic E-state index is 11.4. The number of carboxylic acid groups (broad SMARTS) is 1. The maximum atomic E-state index is 11.4. The fraction of sp³-hybridized carbons (Fsp3) is 0.556. The van der Waals surface area contributed by atoms with Crippen molar-refractivity contribution in [3.8, 4) is 0 Å². The summed E-state index contributed by atoms with van der Waals surface area (Å²) < 4.78 is 6.19. The first kappa shape index (κ1) is 13.1. The van der Waals surface area contributed by atoms with Gasteiger partial charge in [0.1, 0.15) is 0 Å². The Bertz CT molecular complexity index is 365. The molecule has 0 saturated heterocycles. The summed E-state index contributed by atoms with van der Waals surface area (Å²) in [6.45, 7) is 0.287. The van der Waals surface area contributed by atoms with Gasteiger partial charge in [0, 0.05) is 19.7 Å². The largest absolute Gasteiger partial charge is 0.480 e. The van der Waals surface area contributed by atoms with Crippen molar-refractivity contribution in [3.05, 3.63) is 12.4 Å². The third kappa shape index (κ3) is 4.60. The molecule has 0 aliphatic carbocycles. The standard InChI is InChI=1S/C9H14N4O4/c1-17-6-7(9(15)16)11-8(14)2-4-13-5-3-10-12-13/h3,5,7H,2,4,6H2,1H3,(H,11,14)(H,15,16). The molecule has 8 nitrogen and oxygen atoms in total. The van der Waals surface area contributed by atoms with Crippen molar-refractivity contribution < 1.29 is 19.4 Å². The highest BCUT2D eigenvalue weighted by Crippen LogP contribution is 1.91. The van der Waals surface area contributed by atoms with Gasteiger partial charge in [-0.15, -0.1) is 5.10 Å². The first-order valence-corrected chi connectivity index (χ1v) is 4.98. The molecule has 0 fully saturated rings. The van der Waals surface area contributed by atoms with Crippen LogP contribution in [0.1, 0.15) is 6.42 Å². The number of rotatable bonds is 7. The second-order valence-corrected chi connectivity index (χ2v) is 3.33. The zero-order valence-corrected chi connectivity index (χ0v) is 9.37. The Balaban J connectivity index is 2.34. The lowest BCUT2D eigenvalue weighted by atomic mass is 10.3. The Labute approximate surface area is 97.6 Å². The first-order valence-electron chi connectivity index (χ1n) is 4.98. The summed E-state index contributed by atoms with van der Waals surface area (Å²) in [5, 5.41) is 18.4. The molecule has 17 heavy (non-hydrogen) atoms. The van der Waals surface area contributed by atoms with Gasteiger partial charge in [0.25, 0.3) is 0 Å². The average molecular weight is 242 g/mol. The van der Waals surface area contributed by atoms with Crippen LogP contribution in [0.2, 0.25) is 0 Å². The summed E-state index contributed by atoms with van der Waals surface area (Å²) in [5.41, 5.74) is 0. The van der Waals surface area contributed by atoms with Crippen molar-refractivity contribution in [1.82, 2.24) is 20.3 Å². The van der Waals surface area contributed by atoms with Crippen molar-refractivity contribution in [1.29, 1.82) is 0 Å². The van der Waals surface area contributed by atoms with Crippen LogP contribution in [0.15, 0.2) is 12.4 Å². The molecule has 1 rings (SSSR count). The van der Waals surface area contributed by atoms with Gasteiger partial charge in [-0.25, -0.2) is 4.79 Å². The van der Waals surface area contributed by atoms with Gasteiger partial charge < -0.3 is 15.2 Å². The van der Waals surface area contributed by atoms with E-state index < -0.39 is 12.0 Å². The van der Waals surface area contributed by atoms with Gasteiger partial charge in [-0.05, 0) is 0 Å². The van der Waals surface area contributed by atoms with Crippen LogP contribution in [0.3, 0.4) is 0 Å². The summed E-state index contributed by atoms with van der Waals surface area (Å²) in [7, 11) is 1.37. The number of hydrogen-bond acceptors (Lipinski definition) is 5. The highest BCUT2D eigenvalue weighted by atomic mass is 16.5. The van der Waals surface area contributed by atoms with E-state index in [0.717, 1.165) is 0 Å². The quantitative estimate of drug-likeness (QED) is 0.627. The predicted molar refractivity (Wildman–Crippen MR) is 56.1 cm³/mol. The summed E-state index contributed by atoms with van der Waals surface area (Å²) in [6.07, 6.45) is 3.26. The number of methoxy groups -OCH3 is 1. The normalized spacial score (nSPS) is 12.1. The number of amides is 1. The number of aliphatic carboxylic acids is 1. The van der Waals surface area contributed by atoms with Crippen LogP contribution in [0.5, 0.6) is 0 Å². The monoisotopic (exact) mass is 242 g/mol. The molecule has 0 spiro atoms. The number of carbonyl (C=O) groups is 2. The minimum absolute atomic E-state index is 0.0651. The van der Waals surface area contributed by atoms with Crippen molar-refractivity contribution in [2.45, 2.75) is 19.0 Å². The van der Waals surface area contributed by atoms with Crippen LogP contribution in [-0.2, 0) is 20.9 Å². The number of carbonyl (C=O) groups excluding carboxylic acids is 1. The van der Waals surface area contributed by atoms with Gasteiger partial charge in [-0.1, -0.05) is 5.21 Å². The highest BCUT2D eigenvalue weighted by Gasteiger charge is 2.19. The van der Waals surface area contributed by atoms with E-state index in [1.807, 2.05) is 0 Å². The van der Waals surface area contributed by atoms with Crippen molar-refractivity contribution in [2.75, 3.05) is 13.7 Å². The fourth-order valence-corrected chi connectivity index (χ4v) is 1.18. The summed E-state index contributed by atoms with van der Waals surface area (Å²) in [5.74, 6) is -1.49. The lowest BCUT2D eigenvalue weighted by Crippen LogP contribution is -2.44. The van der Waals surface area contributed by atoms with Gasteiger partial charge in [-0.3, -0.25) is 9.48 Å². The van der Waals surface area contributed by atoms with E-state index in [-0.39, 0.29) is 18.9 Å². The minimum atomic E-state index is -1.12. The maximum Gasteiger partial charge on any atom is 0.328 e. The van der Waals surface area contributed by atoms with Crippen molar-refractivity contribution in [3.63, 3.8) is 0 Å². The second kappa shape index (κ2) is 6.59. The molecule has 0 aromatic carbocycles. The first-order chi connectivity index (χ1) is 8.13. The van der Waals surface area contributed by atoms with Crippen molar-refractivity contribution >= 4 is 11.9 Å². The lowest BCUT2D eigenvalue weighted by Gasteiger charge is -2.13. The Morgan fingerprint density at radius 3 is 2.88 bits per heavy atom. The van der Waals surface area contributed by atoms with E-state index in [1.54, 1.807) is 6.20 Å². The number of nitrogens with zero attached hydrogens (tertiary/aromatic N) is 3. The number of carboxylic acids is 1. The Kier molecular flexibility index (Phi) is 5.08. The Hall–Kier alpha value is -1.96. The molecule has 0 aliphatic rings. The molecule has 8 heteroatoms. The Morgan fingerprint density at radius 2 is 2.35 bits per heavy atom. The molecular weight excluding hydrogens is 228 g/mol. The van der Waals surface area contributed by atoms with Crippen LogP contribution in [0.25, 0.3) is 0 Å². The number of aryl methyl sites for hydroxylation is 1. The molecule has 0 bridgehead atoms. The van der Waals surface area contributed by atoms with E-state index in [1.165, 1.54) is 18.0 Å². The lowest BCUT2D eigenvalue weighted by molar-refractivity contribution is -0.143. The second-order valence-electron chi connectivity index (χ2n) is 3.33. The van der Waals surface area contributed by atoms with Gasteiger partial charge in [0.2, 0.25) is 5.91 Å². The third-order valence-electron chi connectivity index (χ3n) is 2.01. The van der Waals surface area contributed by atoms with Crippen LogP contribution >= 0.6 is 0 Å². The number of nitrogens with one attached hydrogen (secondary N) is 1. The van der Waals surface area contributed by atoms with Crippen molar-refractivity contribution in [2.24, 2.45) is 0 Å². The predicted octanol–water partition coefficient (Wildman–Crippen LogP) is -1.12. The van der Waals surface area contributed by atoms with Crippen LogP contribution in [-0.4, -0.2) is 51.7 Å². The average Bonchev–Trinajstić information content (AvgIpc) is 2.78. The van der Waals surface area contributed by atoms with E-state index in [0.29, 0.717) is 6.54 Å². The number of ether oxygens (including phenoxy) is 1. The molecule has 94 valence electrons. The molecule has 0 aliphatic heterocycles. The molecule has 0 saturated carbocycles. The molecule has 1 heterocycles. The molecule has 1 atom stereocenters. The van der Waals surface area contributed by atoms with Gasteiger partial charge in [-0.2, -0.15) is 0 Å². The number of aromatic nitrogens is 3. The summed E-state index contributed by atoms with van der Waals surface area (Å²) in [6, 6.07) is -1.02. The Morgan fingerprint density at radius 1 is 1.59 bits per heavy atom. The third-order valence-corrected chi connectivity index (χ3v) is 2.01. The molecule has 1 unspecified atom stereocenters. The summed E-state index contributed by atoms with van der Waals surface area (Å²) >= 11 is 0. The van der Waals surface area contributed by atoms with Gasteiger partial charge in [0.15, 0.2) is 6.04 Å². The number of hydrogen-bond donors (Lipinski definition) is 2. The zero-order chi connectivity index (χ0) is 12.7. The highest BCUT2D eigenvalue weighted by molar-refractivity contribution is 5.83. The van der Waals surface area contributed by atoms with Crippen LogP contribution in [0, 0.1) is 0 Å². The molecule has 0 radical (unpaired) electrons. The topological polar surface area (TPSA) is 106 Å². The molecule has 2 N–H and O–H groups in total. The van der Waals surface area contributed by atoms with Crippen LogP contribution in [0.4, 0.5) is 0 Å². The smallest absolute Gasteiger partial charge is 0.328 e. The molecular formula is C9H14N4O4. The summed E-state index contributed by atoms with van der Waals surface area (Å²) in [4.78, 5) is 22.2. The van der Waals surface area contributed by atoms with E-state index in [4.69, 9.17) is 9.84 Å². The van der Waals surface area contributed by atoms with Crippen LogP contribution < -0.4 is 5.32 Å². The molecule has 1 amide bonds. The van der Waals surface area contributed by atoms with E-state index >= 15 is 0 Å². The fourth-order valence-electron chi connectivity index (χ4n) is 1.18. The molecule has 1 aromatic rings. The SMILES string of the molecule is COCC(NC(=O)CCn1ccnn1)C(=O)O. The molecule has 1 aromatic heterocycles. The minimum Gasteiger partial charge on any atom is -0.480 e. The van der Waals surface area contributed by atoms with E-state index in [2.05, 4.69) is 15.6 Å². The van der Waals surface area contributed by atoms with E-state index in [9.17, 15) is 9.59 Å². The van der Waals surface area contributed by atoms with Gasteiger partial charge >= 0.3 is 5.97 Å². The van der Waals surface area contributed by atoms with Gasteiger partial charge in [0.05, 0.1) is 19.3 Å². The zero-order valence-electron chi connectivity index (χ0n) is 9.37.